The van der Waals surface area contributed by atoms with Crippen molar-refractivity contribution in [3.63, 3.8) is 0 Å². The molecule has 0 aliphatic rings. The fraction of sp³-hybridized carbons (Fsp3) is 0. The standard InChI is InChI=1S/C2Cl2O4S/c3-1(5)2(6)9(4,7)8. The van der Waals surface area contributed by atoms with E-state index in [-0.39, 0.29) is 0 Å². The summed E-state index contributed by atoms with van der Waals surface area (Å²) in [4.78, 5) is 19.7. The summed E-state index contributed by atoms with van der Waals surface area (Å²) < 4.78 is 19.8. The van der Waals surface area contributed by atoms with Crippen LogP contribution in [0.15, 0.2) is 0 Å². The maximum Gasteiger partial charge on any atom is 0.343 e. The Labute approximate surface area is 60.2 Å². The van der Waals surface area contributed by atoms with Gasteiger partial charge in [0, 0.05) is 10.7 Å². The molecule has 0 aliphatic carbocycles. The van der Waals surface area contributed by atoms with E-state index in [1.54, 1.807) is 0 Å². The molecule has 0 N–H and O–H groups in total. The molecule has 0 saturated heterocycles. The lowest BCUT2D eigenvalue weighted by Crippen LogP contribution is -2.14. The van der Waals surface area contributed by atoms with Crippen LogP contribution in [0.25, 0.3) is 0 Å². The molecule has 52 valence electrons. The van der Waals surface area contributed by atoms with Gasteiger partial charge in [-0.15, -0.1) is 0 Å². The van der Waals surface area contributed by atoms with Gasteiger partial charge in [-0.1, -0.05) is 0 Å². The van der Waals surface area contributed by atoms with E-state index < -0.39 is 19.4 Å². The zero-order valence-corrected chi connectivity index (χ0v) is 6.13. The van der Waals surface area contributed by atoms with Gasteiger partial charge in [0.25, 0.3) is 0 Å². The third kappa shape index (κ3) is 2.78. The van der Waals surface area contributed by atoms with E-state index >= 15 is 0 Å². The molecular formula is C2Cl2O4S. The summed E-state index contributed by atoms with van der Waals surface area (Å²) in [6, 6.07) is 0. The van der Waals surface area contributed by atoms with Gasteiger partial charge < -0.3 is 0 Å². The van der Waals surface area contributed by atoms with Crippen molar-refractivity contribution < 1.29 is 18.0 Å². The lowest BCUT2D eigenvalue weighted by Gasteiger charge is -1.82. The minimum atomic E-state index is -4.45. The molecule has 0 spiro atoms. The molecule has 0 atom stereocenters. The summed E-state index contributed by atoms with van der Waals surface area (Å²) in [6.45, 7) is 0. The first-order chi connectivity index (χ1) is 3.85. The summed E-state index contributed by atoms with van der Waals surface area (Å²) in [7, 11) is -0.0542. The van der Waals surface area contributed by atoms with Gasteiger partial charge >= 0.3 is 19.4 Å². The van der Waals surface area contributed by atoms with Crippen molar-refractivity contribution in [2.75, 3.05) is 0 Å². The van der Waals surface area contributed by atoms with E-state index in [9.17, 15) is 18.0 Å². The molecule has 0 aliphatic heterocycles. The fourth-order valence-corrected chi connectivity index (χ4v) is 0.921. The molecule has 0 aromatic heterocycles. The van der Waals surface area contributed by atoms with E-state index in [0.29, 0.717) is 0 Å². The van der Waals surface area contributed by atoms with Gasteiger partial charge in [-0.05, 0) is 11.6 Å². The topological polar surface area (TPSA) is 68.3 Å². The maximum absolute atomic E-state index is 9.96. The second kappa shape index (κ2) is 2.64. The van der Waals surface area contributed by atoms with Crippen LogP contribution >= 0.6 is 22.3 Å². The fourth-order valence-electron chi connectivity index (χ4n) is 0.0958. The van der Waals surface area contributed by atoms with E-state index in [4.69, 9.17) is 0 Å². The third-order valence-corrected chi connectivity index (χ3v) is 1.71. The van der Waals surface area contributed by atoms with Crippen LogP contribution in [-0.4, -0.2) is 18.8 Å². The molecule has 0 radical (unpaired) electrons. The number of hydrogen-bond donors (Lipinski definition) is 0. The Hall–Kier alpha value is -0.130. The van der Waals surface area contributed by atoms with Gasteiger partial charge in [0.15, 0.2) is 0 Å². The first-order valence-corrected chi connectivity index (χ1v) is 4.23. The highest BCUT2D eigenvalue weighted by Crippen LogP contribution is 2.00. The highest BCUT2D eigenvalue weighted by Gasteiger charge is 2.25. The van der Waals surface area contributed by atoms with Crippen molar-refractivity contribution in [1.82, 2.24) is 0 Å². The van der Waals surface area contributed by atoms with Crippen LogP contribution < -0.4 is 0 Å². The van der Waals surface area contributed by atoms with E-state index in [2.05, 4.69) is 22.3 Å². The molecule has 0 saturated carbocycles. The minimum absolute atomic E-state index is 1.61. The van der Waals surface area contributed by atoms with Crippen molar-refractivity contribution in [3.8, 4) is 0 Å². The lowest BCUT2D eigenvalue weighted by atomic mass is 10.9. The Morgan fingerprint density at radius 3 is 1.56 bits per heavy atom. The van der Waals surface area contributed by atoms with Crippen molar-refractivity contribution >= 4 is 41.7 Å². The van der Waals surface area contributed by atoms with E-state index in [1.807, 2.05) is 0 Å². The number of halogens is 2. The van der Waals surface area contributed by atoms with Crippen molar-refractivity contribution in [3.05, 3.63) is 0 Å². The van der Waals surface area contributed by atoms with Gasteiger partial charge in [0.2, 0.25) is 0 Å². The van der Waals surface area contributed by atoms with Gasteiger partial charge in [-0.2, -0.15) is 0 Å². The second-order valence-corrected chi connectivity index (χ2v) is 3.81. The van der Waals surface area contributed by atoms with Crippen molar-refractivity contribution in [2.45, 2.75) is 0 Å². The number of rotatable bonds is 1. The van der Waals surface area contributed by atoms with Crippen LogP contribution in [0.1, 0.15) is 0 Å². The molecule has 0 fully saturated rings. The Balaban J connectivity index is 4.66. The van der Waals surface area contributed by atoms with Gasteiger partial charge in [0.05, 0.1) is 0 Å². The van der Waals surface area contributed by atoms with Crippen LogP contribution in [0.3, 0.4) is 0 Å². The zero-order chi connectivity index (χ0) is 7.65. The summed E-state index contributed by atoms with van der Waals surface area (Å²) >= 11 is 4.46. The summed E-state index contributed by atoms with van der Waals surface area (Å²) in [5.74, 6) is 0. The Kier molecular flexibility index (Phi) is 2.60. The van der Waals surface area contributed by atoms with Gasteiger partial charge in [-0.25, -0.2) is 8.42 Å². The Bertz CT molecular complexity index is 239. The predicted molar refractivity (Wildman–Crippen MR) is 30.6 cm³/mol. The molecule has 0 bridgehead atoms. The van der Waals surface area contributed by atoms with Gasteiger partial charge in [-0.3, -0.25) is 9.59 Å². The third-order valence-electron chi connectivity index (χ3n) is 0.382. The summed E-state index contributed by atoms with van der Waals surface area (Å²) in [5, 5.41) is -3.41. The average Bonchev–Trinajstić information content (AvgIpc) is 1.62. The summed E-state index contributed by atoms with van der Waals surface area (Å²) in [6.07, 6.45) is 0. The molecule has 0 aromatic carbocycles. The second-order valence-electron chi connectivity index (χ2n) is 0.999. The normalized spacial score (nSPS) is 10.9. The first-order valence-electron chi connectivity index (χ1n) is 1.54. The van der Waals surface area contributed by atoms with E-state index in [0.717, 1.165) is 0 Å². The molecule has 0 aromatic rings. The minimum Gasteiger partial charge on any atom is -0.271 e. The summed E-state index contributed by atoms with van der Waals surface area (Å²) in [5.41, 5.74) is 0. The monoisotopic (exact) mass is 190 g/mol. The molecule has 7 heteroatoms. The first kappa shape index (κ1) is 8.87. The number of hydrogen-bond acceptors (Lipinski definition) is 4. The van der Waals surface area contributed by atoms with Crippen LogP contribution in [0.2, 0.25) is 0 Å². The SMILES string of the molecule is O=C(Cl)C(=O)S(=O)(=O)Cl. The van der Waals surface area contributed by atoms with Gasteiger partial charge in [0.1, 0.15) is 0 Å². The predicted octanol–water partition coefficient (Wildman–Crippen LogP) is -0.153. The highest BCUT2D eigenvalue weighted by atomic mass is 35.7. The quantitative estimate of drug-likeness (QED) is 0.426. The number of carbonyl (C=O) groups excluding carboxylic acids is 2. The van der Waals surface area contributed by atoms with Crippen molar-refractivity contribution in [2.24, 2.45) is 0 Å². The molecule has 0 rings (SSSR count). The molecule has 4 nitrogen and oxygen atoms in total. The molecule has 9 heavy (non-hydrogen) atoms. The Morgan fingerprint density at radius 2 is 1.56 bits per heavy atom. The Morgan fingerprint density at radius 1 is 1.22 bits per heavy atom. The molecule has 0 heterocycles. The average molecular weight is 191 g/mol. The van der Waals surface area contributed by atoms with Crippen LogP contribution in [0.4, 0.5) is 0 Å². The van der Waals surface area contributed by atoms with E-state index in [1.165, 1.54) is 0 Å². The largest absolute Gasteiger partial charge is 0.343 e. The molecular weight excluding hydrogens is 191 g/mol. The number of carbonyl (C=O) groups is 2. The lowest BCUT2D eigenvalue weighted by molar-refractivity contribution is -0.127. The van der Waals surface area contributed by atoms with Crippen LogP contribution in [0, 0.1) is 0 Å². The highest BCUT2D eigenvalue weighted by molar-refractivity contribution is 8.27. The van der Waals surface area contributed by atoms with Crippen LogP contribution in [-0.2, 0) is 18.6 Å². The zero-order valence-electron chi connectivity index (χ0n) is 3.80. The molecule has 0 unspecified atom stereocenters. The van der Waals surface area contributed by atoms with Crippen molar-refractivity contribution in [1.29, 1.82) is 0 Å². The molecule has 0 amide bonds. The smallest absolute Gasteiger partial charge is 0.271 e. The maximum atomic E-state index is 9.96. The van der Waals surface area contributed by atoms with Crippen LogP contribution in [0.5, 0.6) is 0 Å².